The first-order valence-corrected chi connectivity index (χ1v) is 5.58. The van der Waals surface area contributed by atoms with Crippen molar-refractivity contribution in [2.24, 2.45) is 0 Å². The Bertz CT molecular complexity index is 333. The van der Waals surface area contributed by atoms with E-state index in [0.717, 1.165) is 19.5 Å². The van der Waals surface area contributed by atoms with Crippen LogP contribution in [-0.4, -0.2) is 24.0 Å². The summed E-state index contributed by atoms with van der Waals surface area (Å²) in [6.45, 7) is 2.18. The highest BCUT2D eigenvalue weighted by molar-refractivity contribution is 5.18. The predicted octanol–water partition coefficient (Wildman–Crippen LogP) is 2.22. The molecule has 0 radical (unpaired) electrons. The fourth-order valence-corrected chi connectivity index (χ4v) is 2.15. The Kier molecular flexibility index (Phi) is 3.37. The van der Waals surface area contributed by atoms with Gasteiger partial charge in [-0.2, -0.15) is 5.26 Å². The monoisotopic (exact) mass is 200 g/mol. The molecule has 1 heterocycles. The Morgan fingerprint density at radius 3 is 2.47 bits per heavy atom. The average Bonchev–Trinajstić information content (AvgIpc) is 2.81. The summed E-state index contributed by atoms with van der Waals surface area (Å²) in [6.07, 6.45) is 3.34. The summed E-state index contributed by atoms with van der Waals surface area (Å²) in [6, 6.07) is 12.8. The Morgan fingerprint density at radius 1 is 1.20 bits per heavy atom. The van der Waals surface area contributed by atoms with Gasteiger partial charge in [-0.1, -0.05) is 30.3 Å². The van der Waals surface area contributed by atoms with Crippen molar-refractivity contribution in [3.05, 3.63) is 35.9 Å². The van der Waals surface area contributed by atoms with Crippen LogP contribution in [0.25, 0.3) is 0 Å². The lowest BCUT2D eigenvalue weighted by atomic mass is 10.1. The van der Waals surface area contributed by atoms with E-state index in [4.69, 9.17) is 5.26 Å². The normalized spacial score (nSPS) is 18.6. The molecule has 1 fully saturated rings. The molecule has 1 aromatic carbocycles. The van der Waals surface area contributed by atoms with Crippen molar-refractivity contribution in [2.75, 3.05) is 13.1 Å². The van der Waals surface area contributed by atoms with Gasteiger partial charge in [0.05, 0.1) is 6.07 Å². The number of rotatable bonds is 3. The minimum Gasteiger partial charge on any atom is -0.288 e. The van der Waals surface area contributed by atoms with Crippen LogP contribution >= 0.6 is 0 Å². The smallest absolute Gasteiger partial charge is 0.102 e. The third kappa shape index (κ3) is 2.57. The molecule has 1 aliphatic heterocycles. The van der Waals surface area contributed by atoms with E-state index in [0.29, 0.717) is 0 Å². The highest BCUT2D eigenvalue weighted by Crippen LogP contribution is 2.15. The van der Waals surface area contributed by atoms with Gasteiger partial charge in [0.1, 0.15) is 6.04 Å². The van der Waals surface area contributed by atoms with Crippen molar-refractivity contribution < 1.29 is 0 Å². The molecule has 2 rings (SSSR count). The van der Waals surface area contributed by atoms with E-state index < -0.39 is 0 Å². The summed E-state index contributed by atoms with van der Waals surface area (Å²) >= 11 is 0. The van der Waals surface area contributed by atoms with E-state index in [1.165, 1.54) is 18.4 Å². The van der Waals surface area contributed by atoms with E-state index in [1.54, 1.807) is 0 Å². The van der Waals surface area contributed by atoms with Gasteiger partial charge in [0, 0.05) is 6.42 Å². The fraction of sp³-hybridized carbons (Fsp3) is 0.462. The minimum absolute atomic E-state index is 0.0647. The second kappa shape index (κ2) is 4.95. The van der Waals surface area contributed by atoms with Crippen LogP contribution < -0.4 is 0 Å². The van der Waals surface area contributed by atoms with Crippen LogP contribution in [0.3, 0.4) is 0 Å². The highest BCUT2D eigenvalue weighted by Gasteiger charge is 2.21. The standard InChI is InChI=1S/C13H16N2/c14-11-13(15-8-4-5-9-15)10-12-6-2-1-3-7-12/h1-3,6-7,13H,4-5,8-10H2. The first kappa shape index (κ1) is 10.2. The molecule has 1 unspecified atom stereocenters. The third-order valence-electron chi connectivity index (χ3n) is 3.00. The van der Waals surface area contributed by atoms with Gasteiger partial charge < -0.3 is 0 Å². The van der Waals surface area contributed by atoms with Gasteiger partial charge in [0.2, 0.25) is 0 Å². The lowest BCUT2D eigenvalue weighted by Gasteiger charge is -2.21. The zero-order chi connectivity index (χ0) is 10.5. The molecule has 0 bridgehead atoms. The molecule has 0 amide bonds. The zero-order valence-electron chi connectivity index (χ0n) is 8.89. The first-order valence-electron chi connectivity index (χ1n) is 5.58. The number of hydrogen-bond acceptors (Lipinski definition) is 2. The summed E-state index contributed by atoms with van der Waals surface area (Å²) in [5.74, 6) is 0. The van der Waals surface area contributed by atoms with Crippen LogP contribution in [0.2, 0.25) is 0 Å². The molecule has 1 saturated heterocycles. The Hall–Kier alpha value is -1.33. The van der Waals surface area contributed by atoms with E-state index in [9.17, 15) is 0 Å². The van der Waals surface area contributed by atoms with Gasteiger partial charge in [-0.25, -0.2) is 0 Å². The van der Waals surface area contributed by atoms with E-state index in [1.807, 2.05) is 18.2 Å². The largest absolute Gasteiger partial charge is 0.288 e. The molecule has 0 saturated carbocycles. The average molecular weight is 200 g/mol. The maximum atomic E-state index is 9.16. The number of likely N-dealkylation sites (tertiary alicyclic amines) is 1. The van der Waals surface area contributed by atoms with Crippen molar-refractivity contribution in [2.45, 2.75) is 25.3 Å². The van der Waals surface area contributed by atoms with Crippen LogP contribution in [0.1, 0.15) is 18.4 Å². The second-order valence-electron chi connectivity index (χ2n) is 4.08. The van der Waals surface area contributed by atoms with Crippen LogP contribution in [0.4, 0.5) is 0 Å². The number of nitriles is 1. The topological polar surface area (TPSA) is 27.0 Å². The van der Waals surface area contributed by atoms with E-state index >= 15 is 0 Å². The van der Waals surface area contributed by atoms with E-state index in [2.05, 4.69) is 23.1 Å². The van der Waals surface area contributed by atoms with Gasteiger partial charge >= 0.3 is 0 Å². The summed E-state index contributed by atoms with van der Waals surface area (Å²) in [7, 11) is 0. The van der Waals surface area contributed by atoms with Gasteiger partial charge in [0.25, 0.3) is 0 Å². The summed E-state index contributed by atoms with van der Waals surface area (Å²) < 4.78 is 0. The summed E-state index contributed by atoms with van der Waals surface area (Å²) in [5.41, 5.74) is 1.26. The second-order valence-corrected chi connectivity index (χ2v) is 4.08. The summed E-state index contributed by atoms with van der Waals surface area (Å²) in [5, 5.41) is 9.16. The van der Waals surface area contributed by atoms with Crippen molar-refractivity contribution in [1.29, 1.82) is 5.26 Å². The van der Waals surface area contributed by atoms with E-state index in [-0.39, 0.29) is 6.04 Å². The molecule has 1 atom stereocenters. The zero-order valence-corrected chi connectivity index (χ0v) is 8.89. The molecule has 0 aromatic heterocycles. The minimum atomic E-state index is 0.0647. The third-order valence-corrected chi connectivity index (χ3v) is 3.00. The van der Waals surface area contributed by atoms with Crippen molar-refractivity contribution >= 4 is 0 Å². The molecule has 78 valence electrons. The molecule has 15 heavy (non-hydrogen) atoms. The van der Waals surface area contributed by atoms with Gasteiger partial charge in [-0.3, -0.25) is 4.90 Å². The van der Waals surface area contributed by atoms with Gasteiger partial charge in [-0.15, -0.1) is 0 Å². The lowest BCUT2D eigenvalue weighted by Crippen LogP contribution is -2.33. The first-order chi connectivity index (χ1) is 7.40. The predicted molar refractivity (Wildman–Crippen MR) is 60.4 cm³/mol. The molecule has 2 heteroatoms. The Labute approximate surface area is 91.1 Å². The molecule has 1 aromatic rings. The quantitative estimate of drug-likeness (QED) is 0.748. The van der Waals surface area contributed by atoms with Crippen molar-refractivity contribution in [1.82, 2.24) is 4.90 Å². The Balaban J connectivity index is 2.00. The molecule has 1 aliphatic rings. The van der Waals surface area contributed by atoms with Crippen LogP contribution in [0.15, 0.2) is 30.3 Å². The number of hydrogen-bond donors (Lipinski definition) is 0. The maximum absolute atomic E-state index is 9.16. The molecule has 0 spiro atoms. The molecular weight excluding hydrogens is 184 g/mol. The summed E-state index contributed by atoms with van der Waals surface area (Å²) in [4.78, 5) is 2.30. The van der Waals surface area contributed by atoms with Gasteiger partial charge in [-0.05, 0) is 31.5 Å². The maximum Gasteiger partial charge on any atom is 0.102 e. The number of nitrogens with zero attached hydrogens (tertiary/aromatic N) is 2. The molecule has 2 nitrogen and oxygen atoms in total. The Morgan fingerprint density at radius 2 is 1.87 bits per heavy atom. The van der Waals surface area contributed by atoms with Crippen LogP contribution in [0.5, 0.6) is 0 Å². The highest BCUT2D eigenvalue weighted by atomic mass is 15.2. The van der Waals surface area contributed by atoms with Gasteiger partial charge in [0.15, 0.2) is 0 Å². The lowest BCUT2D eigenvalue weighted by molar-refractivity contribution is 0.288. The molecule has 0 aliphatic carbocycles. The fourth-order valence-electron chi connectivity index (χ4n) is 2.15. The molecule has 0 N–H and O–H groups in total. The van der Waals surface area contributed by atoms with Crippen molar-refractivity contribution in [3.63, 3.8) is 0 Å². The number of benzene rings is 1. The SMILES string of the molecule is N#CC(Cc1ccccc1)N1CCCC1. The molecular formula is C13H16N2. The van der Waals surface area contributed by atoms with Crippen molar-refractivity contribution in [3.8, 4) is 6.07 Å². The van der Waals surface area contributed by atoms with Crippen LogP contribution in [-0.2, 0) is 6.42 Å². The van der Waals surface area contributed by atoms with Crippen LogP contribution in [0, 0.1) is 11.3 Å².